The molecule has 5 heteroatoms. The molecule has 0 aliphatic heterocycles. The Labute approximate surface area is 103 Å². The van der Waals surface area contributed by atoms with Crippen LogP contribution in [0.4, 0.5) is 0 Å². The topological polar surface area (TPSA) is 64.6 Å². The highest BCUT2D eigenvalue weighted by atomic mass is 16.6. The Hall–Kier alpha value is -1.10. The molecule has 0 atom stereocenters. The summed E-state index contributed by atoms with van der Waals surface area (Å²) in [6.07, 6.45) is 0.0513. The highest BCUT2D eigenvalue weighted by Crippen LogP contribution is 1.98. The van der Waals surface area contributed by atoms with Crippen molar-refractivity contribution in [2.24, 2.45) is 0 Å². The molecule has 1 N–H and O–H groups in total. The largest absolute Gasteiger partial charge is 0.460 e. The van der Waals surface area contributed by atoms with Gasteiger partial charge in [0.2, 0.25) is 0 Å². The molecular weight excluding hydrogens is 222 g/mol. The fraction of sp³-hybridized carbons (Fsp3) is 0.833. The first-order chi connectivity index (χ1) is 7.70. The van der Waals surface area contributed by atoms with E-state index < -0.39 is 11.9 Å². The first kappa shape index (κ1) is 15.9. The number of nitrogens with one attached hydrogen (secondary N) is 1. The number of rotatable bonds is 6. The molecule has 100 valence electrons. The van der Waals surface area contributed by atoms with Gasteiger partial charge in [0.05, 0.1) is 12.5 Å². The van der Waals surface area contributed by atoms with E-state index in [9.17, 15) is 9.59 Å². The molecule has 0 fully saturated rings. The van der Waals surface area contributed by atoms with Crippen molar-refractivity contribution in [2.45, 2.75) is 52.7 Å². The summed E-state index contributed by atoms with van der Waals surface area (Å²) in [5, 5.41) is 3.16. The second-order valence-electron chi connectivity index (χ2n) is 5.13. The van der Waals surface area contributed by atoms with E-state index >= 15 is 0 Å². The van der Waals surface area contributed by atoms with E-state index in [1.54, 1.807) is 13.8 Å². The fourth-order valence-electron chi connectivity index (χ4n) is 1.05. The van der Waals surface area contributed by atoms with Crippen LogP contribution in [-0.4, -0.2) is 36.7 Å². The van der Waals surface area contributed by atoms with Crippen LogP contribution in [0, 0.1) is 0 Å². The first-order valence-electron chi connectivity index (χ1n) is 5.81. The lowest BCUT2D eigenvalue weighted by Crippen LogP contribution is -2.37. The Kier molecular flexibility index (Phi) is 6.80. The summed E-state index contributed by atoms with van der Waals surface area (Å²) < 4.78 is 9.59. The number of ether oxygens (including phenoxy) is 2. The van der Waals surface area contributed by atoms with Crippen molar-refractivity contribution in [3.63, 3.8) is 0 Å². The molecule has 0 radical (unpaired) electrons. The molecule has 17 heavy (non-hydrogen) atoms. The normalized spacial score (nSPS) is 11.4. The Morgan fingerprint density at radius 1 is 1.18 bits per heavy atom. The number of esters is 2. The minimum atomic E-state index is -0.517. The summed E-state index contributed by atoms with van der Waals surface area (Å²) in [4.78, 5) is 22.3. The van der Waals surface area contributed by atoms with Crippen LogP contribution in [0.15, 0.2) is 0 Å². The number of hydrogen-bond acceptors (Lipinski definition) is 5. The van der Waals surface area contributed by atoms with E-state index in [2.05, 4.69) is 5.32 Å². The van der Waals surface area contributed by atoms with Crippen LogP contribution >= 0.6 is 0 Å². The zero-order valence-corrected chi connectivity index (χ0v) is 11.3. The van der Waals surface area contributed by atoms with Gasteiger partial charge in [0, 0.05) is 12.1 Å². The van der Waals surface area contributed by atoms with Gasteiger partial charge in [-0.05, 0) is 34.6 Å². The molecule has 0 aromatic rings. The third-order valence-corrected chi connectivity index (χ3v) is 1.70. The lowest BCUT2D eigenvalue weighted by molar-refractivity contribution is -0.161. The molecule has 0 saturated carbocycles. The van der Waals surface area contributed by atoms with E-state index in [1.165, 1.54) is 0 Å². The molecule has 0 aromatic carbocycles. The fourth-order valence-corrected chi connectivity index (χ4v) is 1.05. The Morgan fingerprint density at radius 2 is 1.76 bits per heavy atom. The maximum Gasteiger partial charge on any atom is 0.344 e. The van der Waals surface area contributed by atoms with Crippen LogP contribution in [0.5, 0.6) is 0 Å². The van der Waals surface area contributed by atoms with Gasteiger partial charge in [-0.1, -0.05) is 0 Å². The Balaban J connectivity index is 3.63. The van der Waals surface area contributed by atoms with Crippen LogP contribution in [0.2, 0.25) is 0 Å². The number of carbonyl (C=O) groups excluding carboxylic acids is 2. The first-order valence-corrected chi connectivity index (χ1v) is 5.81. The summed E-state index contributed by atoms with van der Waals surface area (Å²) >= 11 is 0. The van der Waals surface area contributed by atoms with Gasteiger partial charge in [-0.15, -0.1) is 0 Å². The van der Waals surface area contributed by atoms with Gasteiger partial charge in [0.1, 0.15) is 0 Å². The number of hydrogen-bond donors (Lipinski definition) is 1. The molecule has 0 aromatic heterocycles. The van der Waals surface area contributed by atoms with E-state index in [1.807, 2.05) is 20.8 Å². The van der Waals surface area contributed by atoms with Crippen molar-refractivity contribution in [1.82, 2.24) is 5.32 Å². The Morgan fingerprint density at radius 3 is 2.24 bits per heavy atom. The molecule has 0 unspecified atom stereocenters. The predicted octanol–water partition coefficient (Wildman–Crippen LogP) is 1.26. The van der Waals surface area contributed by atoms with Gasteiger partial charge in [0.25, 0.3) is 0 Å². The lowest BCUT2D eigenvalue weighted by atomic mass is 10.1. The summed E-state index contributed by atoms with van der Waals surface area (Å²) in [6.45, 7) is 9.74. The average molecular weight is 245 g/mol. The van der Waals surface area contributed by atoms with Crippen LogP contribution in [0.1, 0.15) is 41.0 Å². The summed E-state index contributed by atoms with van der Waals surface area (Å²) in [5.74, 6) is -0.917. The molecular formula is C12H23NO4. The predicted molar refractivity (Wildman–Crippen MR) is 64.6 cm³/mol. The van der Waals surface area contributed by atoms with E-state index in [-0.39, 0.29) is 24.7 Å². The van der Waals surface area contributed by atoms with Crippen molar-refractivity contribution in [2.75, 3.05) is 13.2 Å². The maximum atomic E-state index is 11.2. The highest BCUT2D eigenvalue weighted by Gasteiger charge is 2.12. The minimum absolute atomic E-state index is 0.0309. The third kappa shape index (κ3) is 11.2. The van der Waals surface area contributed by atoms with E-state index in [0.717, 1.165) is 0 Å². The molecule has 0 aliphatic carbocycles. The highest BCUT2D eigenvalue weighted by molar-refractivity contribution is 5.76. The third-order valence-electron chi connectivity index (χ3n) is 1.70. The van der Waals surface area contributed by atoms with Crippen molar-refractivity contribution >= 4 is 11.9 Å². The molecule has 0 spiro atoms. The monoisotopic (exact) mass is 245 g/mol. The van der Waals surface area contributed by atoms with Crippen LogP contribution in [0.25, 0.3) is 0 Å². The van der Waals surface area contributed by atoms with Crippen molar-refractivity contribution in [3.05, 3.63) is 0 Å². The summed E-state index contributed by atoms with van der Waals surface area (Å²) in [7, 11) is 0. The van der Waals surface area contributed by atoms with Crippen molar-refractivity contribution < 1.29 is 19.1 Å². The SMILES string of the molecule is CC(C)OC(=O)COC(=O)CCNC(C)(C)C. The molecule has 0 amide bonds. The summed E-state index contributed by atoms with van der Waals surface area (Å²) in [5.41, 5.74) is -0.0309. The molecule has 0 rings (SSSR count). The average Bonchev–Trinajstić information content (AvgIpc) is 2.11. The van der Waals surface area contributed by atoms with Gasteiger partial charge in [0.15, 0.2) is 6.61 Å². The molecule has 0 heterocycles. The Bertz CT molecular complexity index is 256. The van der Waals surface area contributed by atoms with Crippen LogP contribution in [-0.2, 0) is 19.1 Å². The lowest BCUT2D eigenvalue weighted by Gasteiger charge is -2.19. The standard InChI is InChI=1S/C12H23NO4/c1-9(2)17-11(15)8-16-10(14)6-7-13-12(3,4)5/h9,13H,6-8H2,1-5H3. The van der Waals surface area contributed by atoms with Crippen LogP contribution < -0.4 is 5.32 Å². The molecule has 0 bridgehead atoms. The molecule has 0 saturated heterocycles. The van der Waals surface area contributed by atoms with Crippen molar-refractivity contribution in [1.29, 1.82) is 0 Å². The second kappa shape index (κ2) is 7.27. The second-order valence-corrected chi connectivity index (χ2v) is 5.13. The summed E-state index contributed by atoms with van der Waals surface area (Å²) in [6, 6.07) is 0. The zero-order valence-electron chi connectivity index (χ0n) is 11.3. The molecule has 5 nitrogen and oxygen atoms in total. The van der Waals surface area contributed by atoms with E-state index in [4.69, 9.17) is 9.47 Å². The van der Waals surface area contributed by atoms with Gasteiger partial charge in [-0.25, -0.2) is 4.79 Å². The van der Waals surface area contributed by atoms with Gasteiger partial charge in [-0.2, -0.15) is 0 Å². The molecule has 0 aliphatic rings. The van der Waals surface area contributed by atoms with Gasteiger partial charge >= 0.3 is 11.9 Å². The van der Waals surface area contributed by atoms with Crippen LogP contribution in [0.3, 0.4) is 0 Å². The quantitative estimate of drug-likeness (QED) is 0.714. The zero-order chi connectivity index (χ0) is 13.5. The van der Waals surface area contributed by atoms with Crippen molar-refractivity contribution in [3.8, 4) is 0 Å². The minimum Gasteiger partial charge on any atom is -0.460 e. The maximum absolute atomic E-state index is 11.2. The smallest absolute Gasteiger partial charge is 0.344 e. The van der Waals surface area contributed by atoms with Gasteiger partial charge < -0.3 is 14.8 Å². The van der Waals surface area contributed by atoms with E-state index in [0.29, 0.717) is 6.54 Å². The van der Waals surface area contributed by atoms with Gasteiger partial charge in [-0.3, -0.25) is 4.79 Å². The number of carbonyl (C=O) groups is 2.